The summed E-state index contributed by atoms with van der Waals surface area (Å²) in [4.78, 5) is 0. The van der Waals surface area contributed by atoms with Gasteiger partial charge in [0.15, 0.2) is 0 Å². The van der Waals surface area contributed by atoms with Crippen LogP contribution in [0.5, 0.6) is 0 Å². The summed E-state index contributed by atoms with van der Waals surface area (Å²) in [5, 5.41) is 8.85. The number of hydrogen-bond acceptors (Lipinski definition) is 2. The molecule has 0 saturated carbocycles. The predicted molar refractivity (Wildman–Crippen MR) is 51.4 cm³/mol. The van der Waals surface area contributed by atoms with Crippen molar-refractivity contribution in [3.05, 3.63) is 0 Å². The normalized spacial score (nSPS) is 16.2. The lowest BCUT2D eigenvalue weighted by atomic mass is 9.86. The van der Waals surface area contributed by atoms with Gasteiger partial charge in [-0.3, -0.25) is 0 Å². The molecule has 0 spiro atoms. The Balaban J connectivity index is 4.05. The lowest BCUT2D eigenvalue weighted by molar-refractivity contribution is 0.349. The Kier molecular flexibility index (Phi) is 4.92. The topological polar surface area (TPSA) is 49.8 Å². The van der Waals surface area contributed by atoms with Gasteiger partial charge in [0.05, 0.1) is 12.0 Å². The molecule has 0 rings (SSSR count). The first-order valence-electron chi connectivity index (χ1n) is 4.64. The molecule has 0 aromatic rings. The lowest BCUT2D eigenvalue weighted by Gasteiger charge is -2.22. The highest BCUT2D eigenvalue weighted by molar-refractivity contribution is 4.92. The van der Waals surface area contributed by atoms with Crippen LogP contribution < -0.4 is 5.73 Å². The highest BCUT2D eigenvalue weighted by atomic mass is 14.7. The smallest absolute Gasteiger partial charge is 0.0674 e. The maximum atomic E-state index is 8.85. The van der Waals surface area contributed by atoms with Crippen molar-refractivity contribution in [3.63, 3.8) is 0 Å². The molecule has 70 valence electrons. The van der Waals surface area contributed by atoms with Gasteiger partial charge in [-0.05, 0) is 18.3 Å². The van der Waals surface area contributed by atoms with Gasteiger partial charge in [0.25, 0.3) is 0 Å². The van der Waals surface area contributed by atoms with E-state index >= 15 is 0 Å². The van der Waals surface area contributed by atoms with E-state index in [0.717, 1.165) is 6.42 Å². The van der Waals surface area contributed by atoms with Gasteiger partial charge in [-0.1, -0.05) is 27.7 Å². The van der Waals surface area contributed by atoms with Crippen LogP contribution in [0.1, 0.15) is 34.1 Å². The van der Waals surface area contributed by atoms with Crippen LogP contribution in [-0.2, 0) is 0 Å². The minimum absolute atomic E-state index is 0.00685. The van der Waals surface area contributed by atoms with Gasteiger partial charge >= 0.3 is 0 Å². The fraction of sp³-hybridized carbons (Fsp3) is 0.900. The summed E-state index contributed by atoms with van der Waals surface area (Å²) < 4.78 is 0. The van der Waals surface area contributed by atoms with Crippen LogP contribution in [0.4, 0.5) is 0 Å². The van der Waals surface area contributed by atoms with Gasteiger partial charge in [0.1, 0.15) is 0 Å². The number of nitriles is 1. The molecule has 0 aromatic carbocycles. The fourth-order valence-corrected chi connectivity index (χ4v) is 1.43. The highest BCUT2D eigenvalue weighted by Gasteiger charge is 2.21. The number of nitrogens with two attached hydrogens (primary N) is 1. The van der Waals surface area contributed by atoms with Gasteiger partial charge in [0, 0.05) is 6.04 Å². The van der Waals surface area contributed by atoms with Crippen molar-refractivity contribution in [1.29, 1.82) is 5.26 Å². The SMILES string of the molecule is CC(C)CC(N)C(C#N)C(C)C. The van der Waals surface area contributed by atoms with E-state index in [1.165, 1.54) is 0 Å². The van der Waals surface area contributed by atoms with Crippen LogP contribution in [0.15, 0.2) is 0 Å². The van der Waals surface area contributed by atoms with E-state index in [1.54, 1.807) is 0 Å². The molecular formula is C10H20N2. The average Bonchev–Trinajstić information content (AvgIpc) is 1.85. The predicted octanol–water partition coefficient (Wildman–Crippen LogP) is 2.16. The molecule has 0 heterocycles. The van der Waals surface area contributed by atoms with E-state index < -0.39 is 0 Å². The van der Waals surface area contributed by atoms with Crippen molar-refractivity contribution in [2.75, 3.05) is 0 Å². The summed E-state index contributed by atoms with van der Waals surface area (Å²) in [6.07, 6.45) is 0.941. The van der Waals surface area contributed by atoms with E-state index in [-0.39, 0.29) is 12.0 Å². The lowest BCUT2D eigenvalue weighted by Crippen LogP contribution is -2.33. The van der Waals surface area contributed by atoms with Crippen molar-refractivity contribution < 1.29 is 0 Å². The van der Waals surface area contributed by atoms with Crippen LogP contribution in [-0.4, -0.2) is 6.04 Å². The van der Waals surface area contributed by atoms with E-state index in [1.807, 2.05) is 13.8 Å². The second-order valence-corrected chi connectivity index (χ2v) is 4.19. The van der Waals surface area contributed by atoms with E-state index in [2.05, 4.69) is 19.9 Å². The van der Waals surface area contributed by atoms with Gasteiger partial charge in [-0.2, -0.15) is 5.26 Å². The Hall–Kier alpha value is -0.550. The molecule has 0 saturated heterocycles. The number of hydrogen-bond donors (Lipinski definition) is 1. The molecule has 0 aliphatic heterocycles. The zero-order valence-corrected chi connectivity index (χ0v) is 8.54. The molecule has 2 unspecified atom stereocenters. The largest absolute Gasteiger partial charge is 0.326 e. The zero-order chi connectivity index (χ0) is 9.72. The summed E-state index contributed by atoms with van der Waals surface area (Å²) in [6, 6.07) is 2.32. The molecular weight excluding hydrogens is 148 g/mol. The van der Waals surface area contributed by atoms with Crippen molar-refractivity contribution in [1.82, 2.24) is 0 Å². The number of nitrogens with zero attached hydrogens (tertiary/aromatic N) is 1. The molecule has 2 N–H and O–H groups in total. The van der Waals surface area contributed by atoms with Crippen LogP contribution in [0.3, 0.4) is 0 Å². The van der Waals surface area contributed by atoms with Crippen molar-refractivity contribution in [2.24, 2.45) is 23.5 Å². The monoisotopic (exact) mass is 168 g/mol. The fourth-order valence-electron chi connectivity index (χ4n) is 1.43. The van der Waals surface area contributed by atoms with Crippen LogP contribution in [0, 0.1) is 29.1 Å². The van der Waals surface area contributed by atoms with Gasteiger partial charge in [-0.25, -0.2) is 0 Å². The van der Waals surface area contributed by atoms with Gasteiger partial charge in [-0.15, -0.1) is 0 Å². The minimum atomic E-state index is 0.00685. The first-order valence-corrected chi connectivity index (χ1v) is 4.64. The molecule has 2 heteroatoms. The van der Waals surface area contributed by atoms with Crippen molar-refractivity contribution in [3.8, 4) is 6.07 Å². The maximum absolute atomic E-state index is 8.85. The average molecular weight is 168 g/mol. The first-order chi connectivity index (χ1) is 5.49. The standard InChI is InChI=1S/C10H20N2/c1-7(2)5-10(12)9(6-11)8(3)4/h7-10H,5,12H2,1-4H3. The molecule has 2 nitrogen and oxygen atoms in total. The minimum Gasteiger partial charge on any atom is -0.326 e. The molecule has 2 atom stereocenters. The number of rotatable bonds is 4. The Bertz CT molecular complexity index is 156. The second-order valence-electron chi connectivity index (χ2n) is 4.19. The molecule has 0 fully saturated rings. The quantitative estimate of drug-likeness (QED) is 0.699. The Morgan fingerprint density at radius 2 is 1.75 bits per heavy atom. The molecule has 0 aliphatic rings. The zero-order valence-electron chi connectivity index (χ0n) is 8.54. The molecule has 0 aliphatic carbocycles. The second kappa shape index (κ2) is 5.16. The summed E-state index contributed by atoms with van der Waals surface area (Å²) >= 11 is 0. The van der Waals surface area contributed by atoms with Crippen molar-refractivity contribution in [2.45, 2.75) is 40.2 Å². The molecule has 0 aromatic heterocycles. The van der Waals surface area contributed by atoms with Crippen LogP contribution >= 0.6 is 0 Å². The van der Waals surface area contributed by atoms with Crippen LogP contribution in [0.25, 0.3) is 0 Å². The maximum Gasteiger partial charge on any atom is 0.0674 e. The summed E-state index contributed by atoms with van der Waals surface area (Å²) in [5.74, 6) is 0.950. The third-order valence-corrected chi connectivity index (χ3v) is 2.07. The van der Waals surface area contributed by atoms with Crippen LogP contribution in [0.2, 0.25) is 0 Å². The molecule has 0 bridgehead atoms. The van der Waals surface area contributed by atoms with Crippen molar-refractivity contribution >= 4 is 0 Å². The highest BCUT2D eigenvalue weighted by Crippen LogP contribution is 2.18. The summed E-state index contributed by atoms with van der Waals surface area (Å²) in [6.45, 7) is 8.37. The van der Waals surface area contributed by atoms with E-state index in [4.69, 9.17) is 11.0 Å². The summed E-state index contributed by atoms with van der Waals surface area (Å²) in [5.41, 5.74) is 5.91. The molecule has 12 heavy (non-hydrogen) atoms. The first kappa shape index (κ1) is 11.4. The molecule has 0 radical (unpaired) electrons. The Labute approximate surface area is 75.8 Å². The molecule has 0 amide bonds. The Morgan fingerprint density at radius 3 is 2.00 bits per heavy atom. The summed E-state index contributed by atoms with van der Waals surface area (Å²) in [7, 11) is 0. The van der Waals surface area contributed by atoms with E-state index in [0.29, 0.717) is 11.8 Å². The van der Waals surface area contributed by atoms with Gasteiger partial charge < -0.3 is 5.73 Å². The third-order valence-electron chi connectivity index (χ3n) is 2.07. The Morgan fingerprint density at radius 1 is 1.25 bits per heavy atom. The third kappa shape index (κ3) is 3.73. The van der Waals surface area contributed by atoms with E-state index in [9.17, 15) is 0 Å². The van der Waals surface area contributed by atoms with Gasteiger partial charge in [0.2, 0.25) is 0 Å².